The molecule has 0 bridgehead atoms. The van der Waals surface area contributed by atoms with Crippen LogP contribution >= 0.6 is 23.4 Å². The van der Waals surface area contributed by atoms with Crippen LogP contribution in [0.1, 0.15) is 32.2 Å². The van der Waals surface area contributed by atoms with Crippen molar-refractivity contribution in [3.8, 4) is 0 Å². The van der Waals surface area contributed by atoms with Crippen molar-refractivity contribution in [1.29, 1.82) is 0 Å². The summed E-state index contributed by atoms with van der Waals surface area (Å²) in [4.78, 5) is 34.3. The number of furan rings is 1. The second kappa shape index (κ2) is 8.30. The first kappa shape index (κ1) is 20.1. The third-order valence-electron chi connectivity index (χ3n) is 4.47. The maximum Gasteiger partial charge on any atom is 0.276 e. The molecule has 0 fully saturated rings. The molecule has 6 nitrogen and oxygen atoms in total. The molecule has 1 amide bonds. The number of nitrogens with zero attached hydrogens (tertiary/aromatic N) is 2. The number of carbonyl (C=O) groups is 2. The summed E-state index contributed by atoms with van der Waals surface area (Å²) in [5.41, 5.74) is 2.28. The number of aromatic nitrogens is 2. The monoisotopic (exact) mass is 437 g/mol. The fourth-order valence-electron chi connectivity index (χ4n) is 2.95. The van der Waals surface area contributed by atoms with Crippen molar-refractivity contribution >= 4 is 51.7 Å². The molecule has 2 aromatic carbocycles. The zero-order valence-corrected chi connectivity index (χ0v) is 17.7. The summed E-state index contributed by atoms with van der Waals surface area (Å²) >= 11 is 7.43. The lowest BCUT2D eigenvalue weighted by Crippen LogP contribution is -2.17. The van der Waals surface area contributed by atoms with E-state index in [4.69, 9.17) is 16.0 Å². The van der Waals surface area contributed by atoms with Crippen molar-refractivity contribution < 1.29 is 14.0 Å². The summed E-state index contributed by atoms with van der Waals surface area (Å²) in [5, 5.41) is 3.90. The predicted octanol–water partition coefficient (Wildman–Crippen LogP) is 5.39. The van der Waals surface area contributed by atoms with E-state index in [1.807, 2.05) is 19.1 Å². The van der Waals surface area contributed by atoms with Crippen LogP contribution in [-0.4, -0.2) is 27.9 Å². The number of para-hydroxylation sites is 1. The standard InChI is InChI=1S/C22H16ClN3O3S/c1-12-7-9-13(10-8-12)19(27)20-17(14-5-3-4-6-16(14)29-20)25-21(28)18-15(23)11-24-22(26-18)30-2/h3-11H,1-2H3,(H,25,28). The smallest absolute Gasteiger partial charge is 0.276 e. The van der Waals surface area contributed by atoms with E-state index in [2.05, 4.69) is 15.3 Å². The van der Waals surface area contributed by atoms with Gasteiger partial charge in [-0.15, -0.1) is 0 Å². The van der Waals surface area contributed by atoms with E-state index in [0.717, 1.165) is 5.56 Å². The van der Waals surface area contributed by atoms with Gasteiger partial charge in [0.1, 0.15) is 5.58 Å². The van der Waals surface area contributed by atoms with Crippen LogP contribution in [0.4, 0.5) is 5.69 Å². The molecule has 0 aliphatic rings. The van der Waals surface area contributed by atoms with E-state index < -0.39 is 5.91 Å². The van der Waals surface area contributed by atoms with Crippen molar-refractivity contribution in [2.45, 2.75) is 12.1 Å². The number of anilines is 1. The largest absolute Gasteiger partial charge is 0.450 e. The summed E-state index contributed by atoms with van der Waals surface area (Å²) in [7, 11) is 0. The first-order chi connectivity index (χ1) is 14.5. The summed E-state index contributed by atoms with van der Waals surface area (Å²) in [6.45, 7) is 1.94. The molecule has 0 saturated carbocycles. The second-order valence-corrected chi connectivity index (χ2v) is 7.69. The number of fused-ring (bicyclic) bond motifs is 1. The molecule has 0 saturated heterocycles. The number of benzene rings is 2. The number of thioether (sulfide) groups is 1. The van der Waals surface area contributed by atoms with Gasteiger partial charge in [0.15, 0.2) is 16.6 Å². The Morgan fingerprint density at radius 3 is 2.57 bits per heavy atom. The van der Waals surface area contributed by atoms with Crippen molar-refractivity contribution in [2.24, 2.45) is 0 Å². The van der Waals surface area contributed by atoms with Gasteiger partial charge in [0.25, 0.3) is 5.91 Å². The zero-order chi connectivity index (χ0) is 21.3. The zero-order valence-electron chi connectivity index (χ0n) is 16.1. The van der Waals surface area contributed by atoms with Crippen LogP contribution in [0.15, 0.2) is 64.3 Å². The van der Waals surface area contributed by atoms with Gasteiger partial charge in [0.2, 0.25) is 5.78 Å². The molecule has 0 unspecified atom stereocenters. The molecular formula is C22H16ClN3O3S. The van der Waals surface area contributed by atoms with Gasteiger partial charge in [0.05, 0.1) is 16.9 Å². The van der Waals surface area contributed by atoms with E-state index in [1.165, 1.54) is 18.0 Å². The van der Waals surface area contributed by atoms with Gasteiger partial charge in [-0.3, -0.25) is 9.59 Å². The lowest BCUT2D eigenvalue weighted by Gasteiger charge is -2.08. The molecule has 30 heavy (non-hydrogen) atoms. The molecule has 150 valence electrons. The highest BCUT2D eigenvalue weighted by Gasteiger charge is 2.25. The molecule has 2 aromatic heterocycles. The van der Waals surface area contributed by atoms with E-state index in [0.29, 0.717) is 21.7 Å². The number of nitrogens with one attached hydrogen (secondary N) is 1. The van der Waals surface area contributed by atoms with Crippen LogP contribution < -0.4 is 5.32 Å². The summed E-state index contributed by atoms with van der Waals surface area (Å²) in [6, 6.07) is 14.2. The number of rotatable bonds is 5. The highest BCUT2D eigenvalue weighted by atomic mass is 35.5. The Kier molecular flexibility index (Phi) is 5.57. The predicted molar refractivity (Wildman–Crippen MR) is 118 cm³/mol. The van der Waals surface area contributed by atoms with Crippen LogP contribution in [0.3, 0.4) is 0 Å². The van der Waals surface area contributed by atoms with Gasteiger partial charge >= 0.3 is 0 Å². The van der Waals surface area contributed by atoms with Gasteiger partial charge in [-0.1, -0.05) is 65.3 Å². The van der Waals surface area contributed by atoms with Gasteiger partial charge in [-0.25, -0.2) is 9.97 Å². The van der Waals surface area contributed by atoms with Gasteiger partial charge in [-0.05, 0) is 25.3 Å². The first-order valence-corrected chi connectivity index (χ1v) is 10.6. The number of ketones is 1. The summed E-state index contributed by atoms with van der Waals surface area (Å²) < 4.78 is 5.82. The third-order valence-corrected chi connectivity index (χ3v) is 5.31. The normalized spacial score (nSPS) is 10.9. The molecule has 4 rings (SSSR count). The molecule has 4 aromatic rings. The lowest BCUT2D eigenvalue weighted by molar-refractivity contribution is 0.101. The van der Waals surface area contributed by atoms with Gasteiger partial charge in [-0.2, -0.15) is 0 Å². The van der Waals surface area contributed by atoms with Gasteiger partial charge < -0.3 is 9.73 Å². The Balaban J connectivity index is 1.78. The van der Waals surface area contributed by atoms with E-state index >= 15 is 0 Å². The average molecular weight is 438 g/mol. The highest BCUT2D eigenvalue weighted by Crippen LogP contribution is 2.33. The molecular weight excluding hydrogens is 422 g/mol. The van der Waals surface area contributed by atoms with Crippen LogP contribution in [-0.2, 0) is 0 Å². The van der Waals surface area contributed by atoms with E-state index in [1.54, 1.807) is 42.7 Å². The fraction of sp³-hybridized carbons (Fsp3) is 0.0909. The Hall–Kier alpha value is -3.16. The number of carbonyl (C=O) groups excluding carboxylic acids is 2. The van der Waals surface area contributed by atoms with E-state index in [9.17, 15) is 9.59 Å². The lowest BCUT2D eigenvalue weighted by atomic mass is 10.1. The number of halogens is 1. The number of hydrogen-bond acceptors (Lipinski definition) is 6. The summed E-state index contributed by atoms with van der Waals surface area (Å²) in [5.74, 6) is -0.842. The minimum absolute atomic E-state index is 0.0232. The molecule has 0 aliphatic heterocycles. The average Bonchev–Trinajstić information content (AvgIpc) is 3.12. The Labute approximate surface area is 181 Å². The molecule has 2 heterocycles. The molecule has 0 spiro atoms. The number of aryl methyl sites for hydroxylation is 1. The number of hydrogen-bond donors (Lipinski definition) is 1. The maximum atomic E-state index is 13.1. The van der Waals surface area contributed by atoms with Crippen LogP contribution in [0.2, 0.25) is 5.02 Å². The maximum absolute atomic E-state index is 13.1. The number of amides is 1. The summed E-state index contributed by atoms with van der Waals surface area (Å²) in [6.07, 6.45) is 3.17. The molecule has 0 atom stereocenters. The fourth-order valence-corrected chi connectivity index (χ4v) is 3.46. The van der Waals surface area contributed by atoms with Crippen LogP contribution in [0.25, 0.3) is 11.0 Å². The van der Waals surface area contributed by atoms with Gasteiger partial charge in [0, 0.05) is 10.9 Å². The molecule has 0 radical (unpaired) electrons. The van der Waals surface area contributed by atoms with Crippen molar-refractivity contribution in [3.05, 3.63) is 82.3 Å². The molecule has 8 heteroatoms. The minimum Gasteiger partial charge on any atom is -0.450 e. The Morgan fingerprint density at radius 1 is 1.10 bits per heavy atom. The third kappa shape index (κ3) is 3.81. The van der Waals surface area contributed by atoms with E-state index in [-0.39, 0.29) is 27.9 Å². The molecule has 0 aliphatic carbocycles. The van der Waals surface area contributed by atoms with Crippen LogP contribution in [0, 0.1) is 6.92 Å². The SMILES string of the molecule is CSc1ncc(Cl)c(C(=O)Nc2c(C(=O)c3ccc(C)cc3)oc3ccccc23)n1. The quantitative estimate of drug-likeness (QED) is 0.256. The topological polar surface area (TPSA) is 85.1 Å². The van der Waals surface area contributed by atoms with Crippen molar-refractivity contribution in [1.82, 2.24) is 9.97 Å². The Morgan fingerprint density at radius 2 is 1.83 bits per heavy atom. The first-order valence-electron chi connectivity index (χ1n) is 8.98. The minimum atomic E-state index is -0.554. The van der Waals surface area contributed by atoms with Crippen LogP contribution in [0.5, 0.6) is 0 Å². The van der Waals surface area contributed by atoms with Crippen molar-refractivity contribution in [3.63, 3.8) is 0 Å². The Bertz CT molecular complexity index is 1270. The second-order valence-electron chi connectivity index (χ2n) is 6.50. The van der Waals surface area contributed by atoms with Crippen molar-refractivity contribution in [2.75, 3.05) is 11.6 Å². The highest BCUT2D eigenvalue weighted by molar-refractivity contribution is 7.98. The molecule has 1 N–H and O–H groups in total.